The summed E-state index contributed by atoms with van der Waals surface area (Å²) in [5, 5.41) is 3.31. The van der Waals surface area contributed by atoms with Gasteiger partial charge in [-0.2, -0.15) is 0 Å². The van der Waals surface area contributed by atoms with Gasteiger partial charge in [0.05, 0.1) is 5.02 Å². The van der Waals surface area contributed by atoms with Gasteiger partial charge in [-0.1, -0.05) is 23.8 Å². The highest BCUT2D eigenvalue weighted by atomic mass is 79.9. The highest BCUT2D eigenvalue weighted by Crippen LogP contribution is 2.28. The van der Waals surface area contributed by atoms with E-state index in [4.69, 9.17) is 16.3 Å². The molecule has 23 heavy (non-hydrogen) atoms. The lowest BCUT2D eigenvalue weighted by molar-refractivity contribution is -0.119. The van der Waals surface area contributed by atoms with E-state index in [1.54, 1.807) is 30.6 Å². The average Bonchev–Trinajstić information content (AvgIpc) is 2.50. The Hall–Kier alpha value is -1.92. The van der Waals surface area contributed by atoms with Crippen LogP contribution in [0.15, 0.2) is 41.1 Å². The van der Waals surface area contributed by atoms with Gasteiger partial charge in [-0.05, 0) is 35.0 Å². The van der Waals surface area contributed by atoms with Crippen LogP contribution in [0.3, 0.4) is 0 Å². The van der Waals surface area contributed by atoms with E-state index in [1.807, 2.05) is 19.1 Å². The van der Waals surface area contributed by atoms with Crippen LogP contribution in [0.25, 0.3) is 6.08 Å². The van der Waals surface area contributed by atoms with Crippen molar-refractivity contribution in [2.75, 3.05) is 0 Å². The molecule has 1 N–H and O–H groups in total. The van der Waals surface area contributed by atoms with Crippen molar-refractivity contribution < 1.29 is 9.53 Å². The van der Waals surface area contributed by atoms with E-state index in [-0.39, 0.29) is 18.0 Å². The van der Waals surface area contributed by atoms with Crippen LogP contribution in [0.5, 0.6) is 11.8 Å². The molecular weight excluding hydrogens is 382 g/mol. The van der Waals surface area contributed by atoms with Crippen LogP contribution >= 0.6 is 27.5 Å². The Labute approximate surface area is 147 Å². The van der Waals surface area contributed by atoms with Crippen molar-refractivity contribution in [1.29, 1.82) is 0 Å². The molecule has 0 aliphatic rings. The zero-order valence-electron chi connectivity index (χ0n) is 12.6. The molecule has 2 rings (SSSR count). The maximum Gasteiger partial charge on any atom is 0.321 e. The molecule has 2 aromatic rings. The molecule has 0 aliphatic heterocycles. The molecule has 1 aromatic heterocycles. The number of rotatable bonds is 5. The standard InChI is InChI=1S/C16H15BrClN3O2/c1-10(21-11(2)22)3-4-12-8-19-16(20-9-12)23-13-5-6-14(17)15(18)7-13/h3-10H,1-2H3,(H,21,22)/t10-/m0/s1. The fourth-order valence-electron chi connectivity index (χ4n) is 1.73. The van der Waals surface area contributed by atoms with Crippen molar-refractivity contribution in [2.24, 2.45) is 0 Å². The summed E-state index contributed by atoms with van der Waals surface area (Å²) in [5.74, 6) is 0.482. The van der Waals surface area contributed by atoms with Gasteiger partial charge in [-0.25, -0.2) is 9.97 Å². The Bertz CT molecular complexity index is 720. The molecule has 0 radical (unpaired) electrons. The number of nitrogens with one attached hydrogen (secondary N) is 1. The summed E-state index contributed by atoms with van der Waals surface area (Å²) in [6, 6.07) is 5.40. The maximum atomic E-state index is 10.9. The number of ether oxygens (including phenoxy) is 1. The van der Waals surface area contributed by atoms with Crippen molar-refractivity contribution in [3.63, 3.8) is 0 Å². The summed E-state index contributed by atoms with van der Waals surface area (Å²) in [6.07, 6.45) is 6.97. The number of carbonyl (C=O) groups is 1. The summed E-state index contributed by atoms with van der Waals surface area (Å²) in [7, 11) is 0. The van der Waals surface area contributed by atoms with Gasteiger partial charge in [0.25, 0.3) is 0 Å². The second-order valence-corrected chi connectivity index (χ2v) is 6.09. The van der Waals surface area contributed by atoms with Crippen LogP contribution in [0, 0.1) is 0 Å². The minimum Gasteiger partial charge on any atom is -0.424 e. The van der Waals surface area contributed by atoms with Crippen molar-refractivity contribution in [1.82, 2.24) is 15.3 Å². The SMILES string of the molecule is CC(=O)N[C@@H](C)C=Cc1cnc(Oc2ccc(Br)c(Cl)c2)nc1. The molecule has 0 spiro atoms. The van der Waals surface area contributed by atoms with Crippen LogP contribution in [-0.4, -0.2) is 21.9 Å². The van der Waals surface area contributed by atoms with Gasteiger partial charge in [-0.3, -0.25) is 4.79 Å². The Morgan fingerprint density at radius 3 is 2.70 bits per heavy atom. The fraction of sp³-hybridized carbons (Fsp3) is 0.188. The highest BCUT2D eigenvalue weighted by Gasteiger charge is 2.04. The van der Waals surface area contributed by atoms with Gasteiger partial charge >= 0.3 is 6.01 Å². The second kappa shape index (κ2) is 8.08. The van der Waals surface area contributed by atoms with Gasteiger partial charge in [0, 0.05) is 41.5 Å². The Balaban J connectivity index is 2.00. The molecule has 7 heteroatoms. The van der Waals surface area contributed by atoms with E-state index in [9.17, 15) is 4.79 Å². The van der Waals surface area contributed by atoms with Crippen LogP contribution < -0.4 is 10.1 Å². The predicted octanol–water partition coefficient (Wildman–Crippen LogP) is 4.22. The number of carbonyl (C=O) groups excluding carboxylic acids is 1. The predicted molar refractivity (Wildman–Crippen MR) is 93.6 cm³/mol. The zero-order valence-corrected chi connectivity index (χ0v) is 14.9. The first-order valence-electron chi connectivity index (χ1n) is 6.84. The lowest BCUT2D eigenvalue weighted by Crippen LogP contribution is -2.28. The normalized spacial score (nSPS) is 12.2. The Kier molecular flexibility index (Phi) is 6.12. The largest absolute Gasteiger partial charge is 0.424 e. The van der Waals surface area contributed by atoms with Crippen molar-refractivity contribution in [3.8, 4) is 11.8 Å². The van der Waals surface area contributed by atoms with E-state index >= 15 is 0 Å². The van der Waals surface area contributed by atoms with Crippen LogP contribution in [0.2, 0.25) is 5.02 Å². The number of benzene rings is 1. The van der Waals surface area contributed by atoms with E-state index in [2.05, 4.69) is 31.2 Å². The van der Waals surface area contributed by atoms with Gasteiger partial charge in [0.1, 0.15) is 5.75 Å². The molecule has 1 atom stereocenters. The molecule has 0 bridgehead atoms. The maximum absolute atomic E-state index is 10.9. The second-order valence-electron chi connectivity index (χ2n) is 4.83. The van der Waals surface area contributed by atoms with Crippen LogP contribution in [0.1, 0.15) is 19.4 Å². The van der Waals surface area contributed by atoms with Gasteiger partial charge in [0.2, 0.25) is 5.91 Å². The third kappa shape index (κ3) is 5.65. The number of aromatic nitrogens is 2. The number of amides is 1. The molecule has 5 nitrogen and oxygen atoms in total. The molecule has 0 saturated carbocycles. The van der Waals surface area contributed by atoms with Crippen molar-refractivity contribution in [3.05, 3.63) is 51.7 Å². The number of nitrogens with zero attached hydrogens (tertiary/aromatic N) is 2. The number of hydrogen-bond donors (Lipinski definition) is 1. The molecule has 0 saturated heterocycles. The van der Waals surface area contributed by atoms with Crippen LogP contribution in [-0.2, 0) is 4.79 Å². The molecule has 0 fully saturated rings. The zero-order chi connectivity index (χ0) is 16.8. The summed E-state index contributed by atoms with van der Waals surface area (Å²) < 4.78 is 6.33. The Morgan fingerprint density at radius 2 is 2.09 bits per heavy atom. The van der Waals surface area contributed by atoms with Crippen molar-refractivity contribution in [2.45, 2.75) is 19.9 Å². The molecule has 1 aromatic carbocycles. The van der Waals surface area contributed by atoms with E-state index in [0.29, 0.717) is 10.8 Å². The minimum atomic E-state index is -0.0738. The highest BCUT2D eigenvalue weighted by molar-refractivity contribution is 9.10. The van der Waals surface area contributed by atoms with Gasteiger partial charge < -0.3 is 10.1 Å². The summed E-state index contributed by atoms with van der Waals surface area (Å²) in [6.45, 7) is 3.36. The molecule has 0 unspecified atom stereocenters. The first-order chi connectivity index (χ1) is 10.9. The number of hydrogen-bond acceptors (Lipinski definition) is 4. The first-order valence-corrected chi connectivity index (χ1v) is 8.01. The van der Waals surface area contributed by atoms with E-state index in [1.165, 1.54) is 6.92 Å². The lowest BCUT2D eigenvalue weighted by atomic mass is 10.2. The summed E-state index contributed by atoms with van der Waals surface area (Å²) in [4.78, 5) is 19.2. The topological polar surface area (TPSA) is 64.1 Å². The molecule has 0 aliphatic carbocycles. The molecule has 1 heterocycles. The smallest absolute Gasteiger partial charge is 0.321 e. The minimum absolute atomic E-state index is 0.0617. The van der Waals surface area contributed by atoms with E-state index in [0.717, 1.165) is 10.0 Å². The summed E-state index contributed by atoms with van der Waals surface area (Å²) >= 11 is 9.32. The third-order valence-corrected chi connectivity index (χ3v) is 3.99. The van der Waals surface area contributed by atoms with Gasteiger partial charge in [0.15, 0.2) is 0 Å². The van der Waals surface area contributed by atoms with Crippen LogP contribution in [0.4, 0.5) is 0 Å². The quantitative estimate of drug-likeness (QED) is 0.822. The van der Waals surface area contributed by atoms with Gasteiger partial charge in [-0.15, -0.1) is 0 Å². The lowest BCUT2D eigenvalue weighted by Gasteiger charge is -2.06. The van der Waals surface area contributed by atoms with E-state index < -0.39 is 0 Å². The van der Waals surface area contributed by atoms with Crippen molar-refractivity contribution >= 4 is 39.5 Å². The average molecular weight is 397 g/mol. The first kappa shape index (κ1) is 17.4. The Morgan fingerprint density at radius 1 is 1.39 bits per heavy atom. The molecule has 1 amide bonds. The summed E-state index contributed by atoms with van der Waals surface area (Å²) in [5.41, 5.74) is 0.809. The molecule has 120 valence electrons. The fourth-order valence-corrected chi connectivity index (χ4v) is 2.15. The number of halogens is 2. The third-order valence-electron chi connectivity index (χ3n) is 2.76. The monoisotopic (exact) mass is 395 g/mol. The molecular formula is C16H15BrClN3O2.